The number of unbranched alkanes of at least 4 members (excludes halogenated alkanes) is 1. The molecule has 0 saturated carbocycles. The van der Waals surface area contributed by atoms with Crippen molar-refractivity contribution >= 4 is 48.8 Å². The van der Waals surface area contributed by atoms with Crippen LogP contribution in [0.2, 0.25) is 0 Å². The van der Waals surface area contributed by atoms with Gasteiger partial charge in [0.25, 0.3) is 0 Å². The molecule has 7 nitrogen and oxygen atoms in total. The minimum atomic E-state index is -0.986. The van der Waals surface area contributed by atoms with Gasteiger partial charge < -0.3 is 25.2 Å². The first kappa shape index (κ1) is 36.4. The number of hydrogen-bond acceptors (Lipinski definition) is 6. The molecule has 5 rings (SSSR count). The van der Waals surface area contributed by atoms with E-state index in [4.69, 9.17) is 25.3 Å². The highest BCUT2D eigenvalue weighted by Crippen LogP contribution is 2.38. The Balaban J connectivity index is 0.00000215. The first-order valence-electron chi connectivity index (χ1n) is 14.3. The molecule has 1 aliphatic carbocycles. The second-order valence-electron chi connectivity index (χ2n) is 10.7. The predicted molar refractivity (Wildman–Crippen MR) is 179 cm³/mol. The SMILES string of the molecule is COc1ccc2c(c1)CCc1cccnc1C2=C1CCN(CCCCOc2ccc(C[C@H](N)C(=O)O)cc2)CC1.Cl.Cl.Cl. The van der Waals surface area contributed by atoms with Crippen molar-refractivity contribution in [1.29, 1.82) is 0 Å². The van der Waals surface area contributed by atoms with Gasteiger partial charge in [0.2, 0.25) is 0 Å². The number of nitrogens with zero attached hydrogens (tertiary/aromatic N) is 2. The number of carbonyl (C=O) groups is 1. The number of hydrogen-bond donors (Lipinski definition) is 2. The highest BCUT2D eigenvalue weighted by Gasteiger charge is 2.25. The van der Waals surface area contributed by atoms with Crippen LogP contribution in [0.1, 0.15) is 53.6 Å². The van der Waals surface area contributed by atoms with Gasteiger partial charge in [-0.2, -0.15) is 0 Å². The van der Waals surface area contributed by atoms with Gasteiger partial charge in [-0.15, -0.1) is 37.2 Å². The number of benzene rings is 2. The smallest absolute Gasteiger partial charge is 0.320 e. The molecule has 0 bridgehead atoms. The minimum absolute atomic E-state index is 0. The first-order valence-corrected chi connectivity index (χ1v) is 14.3. The lowest BCUT2D eigenvalue weighted by Crippen LogP contribution is -2.32. The molecule has 1 saturated heterocycles. The van der Waals surface area contributed by atoms with Crippen LogP contribution in [0.4, 0.5) is 0 Å². The van der Waals surface area contributed by atoms with Crippen molar-refractivity contribution < 1.29 is 19.4 Å². The Labute approximate surface area is 273 Å². The van der Waals surface area contributed by atoms with E-state index in [0.29, 0.717) is 13.0 Å². The van der Waals surface area contributed by atoms with Crippen LogP contribution in [0, 0.1) is 0 Å². The van der Waals surface area contributed by atoms with Gasteiger partial charge in [0, 0.05) is 24.9 Å². The number of halogens is 3. The molecule has 0 unspecified atom stereocenters. The number of aromatic nitrogens is 1. The summed E-state index contributed by atoms with van der Waals surface area (Å²) in [6.07, 6.45) is 8.43. The summed E-state index contributed by atoms with van der Waals surface area (Å²) in [5.41, 5.74) is 14.5. The number of piperidine rings is 1. The maximum atomic E-state index is 10.9. The van der Waals surface area contributed by atoms with Crippen molar-refractivity contribution in [3.05, 3.63) is 94.3 Å². The fourth-order valence-corrected chi connectivity index (χ4v) is 5.76. The summed E-state index contributed by atoms with van der Waals surface area (Å²) in [5.74, 6) is 0.732. The molecule has 1 fully saturated rings. The molecule has 0 radical (unpaired) electrons. The number of rotatable bonds is 10. The van der Waals surface area contributed by atoms with E-state index in [2.05, 4.69) is 35.2 Å². The molecule has 43 heavy (non-hydrogen) atoms. The average molecular weight is 651 g/mol. The Kier molecular flexibility index (Phi) is 14.8. The van der Waals surface area contributed by atoms with E-state index in [-0.39, 0.29) is 37.2 Å². The van der Waals surface area contributed by atoms with Gasteiger partial charge in [0.15, 0.2) is 0 Å². The Morgan fingerprint density at radius 2 is 1.65 bits per heavy atom. The number of fused-ring (bicyclic) bond motifs is 2. The van der Waals surface area contributed by atoms with E-state index in [1.165, 1.54) is 27.8 Å². The van der Waals surface area contributed by atoms with Crippen LogP contribution in [0.25, 0.3) is 5.57 Å². The molecule has 10 heteroatoms. The second-order valence-corrected chi connectivity index (χ2v) is 10.7. The number of aryl methyl sites for hydroxylation is 2. The third-order valence-corrected chi connectivity index (χ3v) is 8.02. The molecule has 2 heterocycles. The van der Waals surface area contributed by atoms with E-state index in [1.54, 1.807) is 7.11 Å². The third kappa shape index (κ3) is 9.34. The van der Waals surface area contributed by atoms with Gasteiger partial charge in [-0.05, 0) is 104 Å². The van der Waals surface area contributed by atoms with Crippen LogP contribution in [-0.4, -0.2) is 60.4 Å². The Morgan fingerprint density at radius 3 is 2.35 bits per heavy atom. The molecule has 1 atom stereocenters. The van der Waals surface area contributed by atoms with Crippen LogP contribution >= 0.6 is 37.2 Å². The van der Waals surface area contributed by atoms with Gasteiger partial charge >= 0.3 is 5.97 Å². The maximum absolute atomic E-state index is 10.9. The van der Waals surface area contributed by atoms with E-state index < -0.39 is 12.0 Å². The molecule has 1 aromatic heterocycles. The fraction of sp³-hybridized carbons (Fsp3) is 0.394. The van der Waals surface area contributed by atoms with Gasteiger partial charge in [0.05, 0.1) is 19.4 Å². The van der Waals surface area contributed by atoms with Crippen molar-refractivity contribution in [3.8, 4) is 11.5 Å². The van der Waals surface area contributed by atoms with Crippen LogP contribution in [0.15, 0.2) is 66.4 Å². The predicted octanol–water partition coefficient (Wildman–Crippen LogP) is 6.17. The van der Waals surface area contributed by atoms with Crippen molar-refractivity contribution in [2.24, 2.45) is 5.73 Å². The molecule has 234 valence electrons. The summed E-state index contributed by atoms with van der Waals surface area (Å²) >= 11 is 0. The monoisotopic (exact) mass is 649 g/mol. The lowest BCUT2D eigenvalue weighted by Gasteiger charge is -2.30. The number of carboxylic acids is 1. The number of aliphatic carboxylic acids is 1. The zero-order valence-electron chi connectivity index (χ0n) is 24.5. The Hall–Kier alpha value is -2.81. The van der Waals surface area contributed by atoms with Gasteiger partial charge in [-0.1, -0.05) is 29.8 Å². The van der Waals surface area contributed by atoms with Crippen molar-refractivity contribution in [1.82, 2.24) is 9.88 Å². The second kappa shape index (κ2) is 17.5. The van der Waals surface area contributed by atoms with E-state index in [0.717, 1.165) is 80.9 Å². The van der Waals surface area contributed by atoms with Crippen molar-refractivity contribution in [3.63, 3.8) is 0 Å². The molecule has 3 N–H and O–H groups in total. The standard InChI is InChI=1S/C33H39N3O4.3ClH/c1-39-28-12-13-29-26(22-28)9-8-25-5-4-16-35-32(25)31(29)24-14-18-36(19-15-24)17-2-3-20-40-27-10-6-23(7-11-27)21-30(34)33(37)38;;;/h4-7,10-13,16,22,30H,2-3,8-9,14-15,17-21,34H2,1H3,(H,37,38);3*1H/t30-;;;/m0.../s1. The molecule has 3 aromatic rings. The zero-order valence-corrected chi connectivity index (χ0v) is 26.9. The third-order valence-electron chi connectivity index (χ3n) is 8.02. The number of nitrogens with two attached hydrogens (primary N) is 1. The number of ether oxygens (including phenoxy) is 2. The highest BCUT2D eigenvalue weighted by atomic mass is 35.5. The summed E-state index contributed by atoms with van der Waals surface area (Å²) in [4.78, 5) is 18.4. The molecular formula is C33H42Cl3N3O4. The molecule has 1 aliphatic heterocycles. The Bertz CT molecular complexity index is 1360. The van der Waals surface area contributed by atoms with Gasteiger partial charge in [-0.3, -0.25) is 9.78 Å². The summed E-state index contributed by atoms with van der Waals surface area (Å²) < 4.78 is 11.4. The number of pyridine rings is 1. The number of methoxy groups -OCH3 is 1. The molecule has 2 aliphatic rings. The van der Waals surface area contributed by atoms with E-state index in [9.17, 15) is 4.79 Å². The number of likely N-dealkylation sites (tertiary alicyclic amines) is 1. The minimum Gasteiger partial charge on any atom is -0.497 e. The molecule has 2 aromatic carbocycles. The van der Waals surface area contributed by atoms with Crippen molar-refractivity contribution in [2.75, 3.05) is 33.4 Å². The highest BCUT2D eigenvalue weighted by molar-refractivity contribution is 5.86. The topological polar surface area (TPSA) is 97.9 Å². The summed E-state index contributed by atoms with van der Waals surface area (Å²) in [6.45, 7) is 3.86. The lowest BCUT2D eigenvalue weighted by molar-refractivity contribution is -0.138. The van der Waals surface area contributed by atoms with Crippen LogP contribution in [0.3, 0.4) is 0 Å². The maximum Gasteiger partial charge on any atom is 0.320 e. The molecular weight excluding hydrogens is 609 g/mol. The van der Waals surface area contributed by atoms with Crippen LogP contribution < -0.4 is 15.2 Å². The summed E-state index contributed by atoms with van der Waals surface area (Å²) in [5, 5.41) is 8.97. The van der Waals surface area contributed by atoms with E-state index >= 15 is 0 Å². The van der Waals surface area contributed by atoms with Gasteiger partial charge in [0.1, 0.15) is 17.5 Å². The largest absolute Gasteiger partial charge is 0.497 e. The summed E-state index contributed by atoms with van der Waals surface area (Å²) in [7, 11) is 1.73. The first-order chi connectivity index (χ1) is 19.5. The van der Waals surface area contributed by atoms with Crippen molar-refractivity contribution in [2.45, 2.75) is 51.0 Å². The lowest BCUT2D eigenvalue weighted by atomic mass is 9.88. The number of carboxylic acid groups (broad SMARTS) is 1. The quantitative estimate of drug-likeness (QED) is 0.254. The summed E-state index contributed by atoms with van der Waals surface area (Å²) in [6, 6.07) is 17.4. The van der Waals surface area contributed by atoms with Gasteiger partial charge in [-0.25, -0.2) is 0 Å². The van der Waals surface area contributed by atoms with Crippen LogP contribution in [0.5, 0.6) is 11.5 Å². The molecule has 0 spiro atoms. The van der Waals surface area contributed by atoms with Crippen LogP contribution in [-0.2, 0) is 24.1 Å². The molecule has 0 amide bonds. The normalized spacial score (nSPS) is 14.9. The van der Waals surface area contributed by atoms with E-state index in [1.807, 2.05) is 30.5 Å². The fourth-order valence-electron chi connectivity index (χ4n) is 5.76. The Morgan fingerprint density at radius 1 is 0.953 bits per heavy atom. The zero-order chi connectivity index (χ0) is 27.9. The average Bonchev–Trinajstić information content (AvgIpc) is 3.14.